The second-order valence-corrected chi connectivity index (χ2v) is 6.66. The van der Waals surface area contributed by atoms with Crippen LogP contribution in [0.25, 0.3) is 0 Å². The van der Waals surface area contributed by atoms with E-state index >= 15 is 0 Å². The fraction of sp³-hybridized carbons (Fsp3) is 0.389. The number of nitrogens with zero attached hydrogens (tertiary/aromatic N) is 2. The number of benzene rings is 1. The van der Waals surface area contributed by atoms with Crippen molar-refractivity contribution >= 4 is 23.5 Å². The quantitative estimate of drug-likeness (QED) is 0.748. The van der Waals surface area contributed by atoms with Crippen LogP contribution in [0.1, 0.15) is 35.5 Å². The molecular formula is C18H21ClFN3O3. The fourth-order valence-electron chi connectivity index (χ4n) is 2.31. The molecule has 1 heterocycles. The summed E-state index contributed by atoms with van der Waals surface area (Å²) in [5.41, 5.74) is 1.35. The summed E-state index contributed by atoms with van der Waals surface area (Å²) in [6, 6.07) is 5.74. The summed E-state index contributed by atoms with van der Waals surface area (Å²) in [5, 5.41) is 7.03. The van der Waals surface area contributed by atoms with Crippen LogP contribution in [0.15, 0.2) is 24.3 Å². The molecule has 0 fully saturated rings. The largest absolute Gasteiger partial charge is 0.452 e. The third-order valence-electron chi connectivity index (χ3n) is 3.54. The van der Waals surface area contributed by atoms with Crippen molar-refractivity contribution in [3.63, 3.8) is 0 Å². The molecule has 1 amide bonds. The van der Waals surface area contributed by atoms with Crippen LogP contribution < -0.4 is 5.32 Å². The number of esters is 1. The van der Waals surface area contributed by atoms with Crippen molar-refractivity contribution in [2.24, 2.45) is 5.92 Å². The van der Waals surface area contributed by atoms with Crippen LogP contribution in [0.4, 0.5) is 4.39 Å². The first-order valence-corrected chi connectivity index (χ1v) is 8.57. The topological polar surface area (TPSA) is 73.2 Å². The van der Waals surface area contributed by atoms with Gasteiger partial charge in [-0.15, -0.1) is 0 Å². The Bertz CT molecular complexity index is 788. The molecule has 1 N–H and O–H groups in total. The summed E-state index contributed by atoms with van der Waals surface area (Å²) in [6.07, 6.45) is 0. The first-order chi connectivity index (χ1) is 12.3. The highest BCUT2D eigenvalue weighted by molar-refractivity contribution is 6.32. The van der Waals surface area contributed by atoms with Crippen LogP contribution in [0, 0.1) is 18.7 Å². The molecule has 1 aromatic carbocycles. The van der Waals surface area contributed by atoms with Gasteiger partial charge in [-0.25, -0.2) is 9.18 Å². The standard InChI is InChI=1S/C18H21ClFN3O3/c1-11(2)9-23-17(19)16(12(3)22-23)18(25)26-10-15(24)21-8-13-4-6-14(20)7-5-13/h4-7,11H,8-10H2,1-3H3,(H,21,24). The molecule has 140 valence electrons. The molecule has 0 saturated heterocycles. The summed E-state index contributed by atoms with van der Waals surface area (Å²) >= 11 is 6.21. The van der Waals surface area contributed by atoms with E-state index in [1.165, 1.54) is 12.1 Å². The number of carbonyl (C=O) groups is 2. The van der Waals surface area contributed by atoms with Gasteiger partial charge in [0.2, 0.25) is 0 Å². The van der Waals surface area contributed by atoms with Gasteiger partial charge in [0.25, 0.3) is 5.91 Å². The first-order valence-electron chi connectivity index (χ1n) is 8.19. The van der Waals surface area contributed by atoms with Gasteiger partial charge in [-0.05, 0) is 30.5 Å². The lowest BCUT2D eigenvalue weighted by molar-refractivity contribution is -0.124. The number of aryl methyl sites for hydroxylation is 1. The van der Waals surface area contributed by atoms with E-state index in [-0.39, 0.29) is 23.1 Å². The molecule has 0 unspecified atom stereocenters. The highest BCUT2D eigenvalue weighted by atomic mass is 35.5. The number of nitrogens with one attached hydrogen (secondary N) is 1. The van der Waals surface area contributed by atoms with E-state index in [2.05, 4.69) is 10.4 Å². The van der Waals surface area contributed by atoms with Crippen molar-refractivity contribution < 1.29 is 18.7 Å². The molecule has 2 rings (SSSR count). The lowest BCUT2D eigenvalue weighted by atomic mass is 10.2. The summed E-state index contributed by atoms with van der Waals surface area (Å²) in [6.45, 7) is 6.03. The smallest absolute Gasteiger partial charge is 0.343 e. The number of aromatic nitrogens is 2. The Morgan fingerprint density at radius 1 is 1.31 bits per heavy atom. The molecule has 0 saturated carbocycles. The van der Waals surface area contributed by atoms with Gasteiger partial charge in [0.05, 0.1) is 5.69 Å². The van der Waals surface area contributed by atoms with Gasteiger partial charge < -0.3 is 10.1 Å². The predicted octanol–water partition coefficient (Wildman–Crippen LogP) is 3.11. The van der Waals surface area contributed by atoms with Crippen molar-refractivity contribution in [1.29, 1.82) is 0 Å². The molecular weight excluding hydrogens is 361 g/mol. The van der Waals surface area contributed by atoms with E-state index in [1.54, 1.807) is 23.7 Å². The average Bonchev–Trinajstić information content (AvgIpc) is 2.85. The Kier molecular flexibility index (Phi) is 6.74. The van der Waals surface area contributed by atoms with E-state index in [0.717, 1.165) is 5.56 Å². The van der Waals surface area contributed by atoms with E-state index in [0.29, 0.717) is 18.2 Å². The minimum atomic E-state index is -0.695. The van der Waals surface area contributed by atoms with Crippen molar-refractivity contribution in [2.75, 3.05) is 6.61 Å². The zero-order valence-electron chi connectivity index (χ0n) is 14.9. The molecule has 26 heavy (non-hydrogen) atoms. The van der Waals surface area contributed by atoms with Crippen molar-refractivity contribution in [3.05, 3.63) is 52.1 Å². The Morgan fingerprint density at radius 2 is 1.96 bits per heavy atom. The zero-order chi connectivity index (χ0) is 19.3. The van der Waals surface area contributed by atoms with Gasteiger partial charge in [-0.3, -0.25) is 9.48 Å². The highest BCUT2D eigenvalue weighted by Gasteiger charge is 2.22. The molecule has 0 atom stereocenters. The lowest BCUT2D eigenvalue weighted by Gasteiger charge is -2.08. The summed E-state index contributed by atoms with van der Waals surface area (Å²) in [7, 11) is 0. The van der Waals surface area contributed by atoms with Gasteiger partial charge in [0.1, 0.15) is 16.5 Å². The molecule has 0 spiro atoms. The normalized spacial score (nSPS) is 10.8. The molecule has 2 aromatic rings. The number of hydrogen-bond acceptors (Lipinski definition) is 4. The number of carbonyl (C=O) groups excluding carboxylic acids is 2. The Balaban J connectivity index is 1.89. The first kappa shape index (κ1) is 19.9. The number of hydrogen-bond donors (Lipinski definition) is 1. The molecule has 0 radical (unpaired) electrons. The van der Waals surface area contributed by atoms with Crippen molar-refractivity contribution in [2.45, 2.75) is 33.9 Å². The van der Waals surface area contributed by atoms with Gasteiger partial charge >= 0.3 is 5.97 Å². The maximum atomic E-state index is 12.8. The molecule has 1 aromatic heterocycles. The maximum Gasteiger partial charge on any atom is 0.343 e. The average molecular weight is 382 g/mol. The predicted molar refractivity (Wildman–Crippen MR) is 95.3 cm³/mol. The Hall–Kier alpha value is -2.41. The summed E-state index contributed by atoms with van der Waals surface area (Å²) < 4.78 is 19.4. The second-order valence-electron chi connectivity index (χ2n) is 6.31. The fourth-order valence-corrected chi connectivity index (χ4v) is 2.63. The number of ether oxygens (including phenoxy) is 1. The number of rotatable bonds is 7. The van der Waals surface area contributed by atoms with Crippen molar-refractivity contribution in [3.8, 4) is 0 Å². The molecule has 0 aliphatic rings. The van der Waals surface area contributed by atoms with Gasteiger partial charge in [-0.1, -0.05) is 37.6 Å². The number of halogens is 2. The minimum absolute atomic E-state index is 0.165. The number of amides is 1. The van der Waals surface area contributed by atoms with E-state index in [9.17, 15) is 14.0 Å². The van der Waals surface area contributed by atoms with Gasteiger partial charge in [0, 0.05) is 13.1 Å². The Labute approximate surface area is 156 Å². The monoisotopic (exact) mass is 381 g/mol. The highest BCUT2D eigenvalue weighted by Crippen LogP contribution is 2.21. The molecule has 8 heteroatoms. The molecule has 0 aliphatic carbocycles. The van der Waals surface area contributed by atoms with Crippen molar-refractivity contribution in [1.82, 2.24) is 15.1 Å². The van der Waals surface area contributed by atoms with Crippen LogP contribution in [0.2, 0.25) is 5.15 Å². The van der Waals surface area contributed by atoms with E-state index < -0.39 is 18.5 Å². The van der Waals surface area contributed by atoms with Crippen LogP contribution in [-0.4, -0.2) is 28.3 Å². The van der Waals surface area contributed by atoms with Gasteiger partial charge in [-0.2, -0.15) is 5.10 Å². The van der Waals surface area contributed by atoms with E-state index in [4.69, 9.17) is 16.3 Å². The maximum absolute atomic E-state index is 12.8. The van der Waals surface area contributed by atoms with Crippen LogP contribution >= 0.6 is 11.6 Å². The third-order valence-corrected chi connectivity index (χ3v) is 3.93. The molecule has 0 bridgehead atoms. The Morgan fingerprint density at radius 3 is 2.58 bits per heavy atom. The second kappa shape index (κ2) is 8.80. The van der Waals surface area contributed by atoms with Crippen LogP contribution in [0.5, 0.6) is 0 Å². The minimum Gasteiger partial charge on any atom is -0.452 e. The molecule has 6 nitrogen and oxygen atoms in total. The van der Waals surface area contributed by atoms with Crippen LogP contribution in [-0.2, 0) is 22.6 Å². The third kappa shape index (κ3) is 5.29. The SMILES string of the molecule is Cc1nn(CC(C)C)c(Cl)c1C(=O)OCC(=O)NCc1ccc(F)cc1. The summed E-state index contributed by atoms with van der Waals surface area (Å²) in [4.78, 5) is 24.0. The molecule has 0 aliphatic heterocycles. The zero-order valence-corrected chi connectivity index (χ0v) is 15.6. The van der Waals surface area contributed by atoms with Crippen LogP contribution in [0.3, 0.4) is 0 Å². The summed E-state index contributed by atoms with van der Waals surface area (Å²) in [5.74, 6) is -1.20. The van der Waals surface area contributed by atoms with Gasteiger partial charge in [0.15, 0.2) is 6.61 Å². The van der Waals surface area contributed by atoms with E-state index in [1.807, 2.05) is 13.8 Å². The lowest BCUT2D eigenvalue weighted by Crippen LogP contribution is -2.28.